The average molecular weight is 990 g/mol. The van der Waals surface area contributed by atoms with Gasteiger partial charge in [-0.15, -0.1) is 12.8 Å². The molecule has 0 spiro atoms. The Balaban J connectivity index is 0.000000388. The summed E-state index contributed by atoms with van der Waals surface area (Å²) in [7, 11) is 0. The Morgan fingerprint density at radius 3 is 1.56 bits per heavy atom. The van der Waals surface area contributed by atoms with Crippen LogP contribution in [0.5, 0.6) is 0 Å². The molecule has 13 nitrogen and oxygen atoms in total. The molecule has 4 heterocycles. The second-order valence-corrected chi connectivity index (χ2v) is 14.8. The summed E-state index contributed by atoms with van der Waals surface area (Å²) < 4.78 is 89.5. The van der Waals surface area contributed by atoms with E-state index < -0.39 is 48.9 Å². The lowest BCUT2D eigenvalue weighted by molar-refractivity contribution is -0.118. The summed E-state index contributed by atoms with van der Waals surface area (Å²) in [5, 5.41) is 11.6. The van der Waals surface area contributed by atoms with Crippen LogP contribution in [0.3, 0.4) is 0 Å². The lowest BCUT2D eigenvalue weighted by atomic mass is 10.1. The van der Waals surface area contributed by atoms with E-state index in [0.717, 1.165) is 0 Å². The van der Waals surface area contributed by atoms with Gasteiger partial charge in [-0.05, 0) is 62.1 Å². The van der Waals surface area contributed by atoms with Crippen LogP contribution in [0.4, 0.5) is 58.7 Å². The highest BCUT2D eigenvalue weighted by molar-refractivity contribution is 9.09. The summed E-state index contributed by atoms with van der Waals surface area (Å²) in [6.07, 6.45) is 5.94. The number of rotatable bonds is 14. The standard InChI is InChI=1S/C19H19F3N4O2S.C17H17F3N4O3S.C3H3Br.2CH4/c1-2-7-25-9-8-24(12-23-25)16-5-3-13(10-15(16)20)26-11-14(28-19(26)27)4-6-17(29)18(21)22;18-13-7-11(1-3-14(13)22-5-6-23(10-25)21-9-22)24-8-12(27-17(24)26)2-4-15(28)16(19)20;1-2-3-4;;/h1,3,5,10,12,14,18H,4,6-9,11H2;1,3,7,9-10,12,16H,2,4-6,8H2;1H,3H2;2*1H4/t14-;12-;;;/m00.../s1. The number of cyclic esters (lactones) is 2. The van der Waals surface area contributed by atoms with Crippen LogP contribution in [0.2, 0.25) is 0 Å². The number of anilines is 4. The second kappa shape index (κ2) is 26.2. The molecule has 3 amide bonds. The third-order valence-electron chi connectivity index (χ3n) is 9.10. The van der Waals surface area contributed by atoms with Crippen molar-refractivity contribution >= 4 is 104 Å². The number of carbonyl (C=O) groups is 3. The van der Waals surface area contributed by atoms with Crippen LogP contribution < -0.4 is 19.6 Å². The lowest BCUT2D eigenvalue weighted by Crippen LogP contribution is -2.38. The normalized spacial score (nSPS) is 17.6. The topological polar surface area (TPSA) is 114 Å². The van der Waals surface area contributed by atoms with Gasteiger partial charge >= 0.3 is 12.2 Å². The monoisotopic (exact) mass is 988 g/mol. The summed E-state index contributed by atoms with van der Waals surface area (Å²) in [6, 6.07) is 8.66. The van der Waals surface area contributed by atoms with Crippen LogP contribution in [0.1, 0.15) is 40.5 Å². The molecule has 4 aliphatic heterocycles. The fourth-order valence-electron chi connectivity index (χ4n) is 5.98. The third-order valence-corrected chi connectivity index (χ3v) is 10.2. The van der Waals surface area contributed by atoms with Crippen LogP contribution in [-0.4, -0.2) is 127 Å². The number of terminal acetylenes is 2. The predicted molar refractivity (Wildman–Crippen MR) is 245 cm³/mol. The van der Waals surface area contributed by atoms with Crippen molar-refractivity contribution in [2.24, 2.45) is 10.2 Å². The van der Waals surface area contributed by atoms with E-state index in [-0.39, 0.29) is 69.0 Å². The Kier molecular flexibility index (Phi) is 22.4. The summed E-state index contributed by atoms with van der Waals surface area (Å²) in [5.74, 6) is 3.75. The highest BCUT2D eigenvalue weighted by Gasteiger charge is 2.35. The Morgan fingerprint density at radius 2 is 1.22 bits per heavy atom. The first-order valence-electron chi connectivity index (χ1n) is 18.4. The van der Waals surface area contributed by atoms with E-state index in [1.54, 1.807) is 33.0 Å². The molecule has 0 unspecified atom stereocenters. The Hall–Kier alpha value is -5.45. The SMILES string of the molecule is C.C.C#CCBr.C#CCN1CCN(c2ccc(N3C[C@H](CCC(=S)C(F)F)OC3=O)cc2F)C=N1.O=CN1CCN(c2ccc(N3C[C@H](CCC(=S)C(F)F)OC3=O)cc2F)C=N1. The number of hydrogen-bond donors (Lipinski definition) is 0. The van der Waals surface area contributed by atoms with Gasteiger partial charge in [-0.3, -0.25) is 19.6 Å². The molecule has 342 valence electrons. The Labute approximate surface area is 382 Å². The summed E-state index contributed by atoms with van der Waals surface area (Å²) in [6.45, 7) is 2.42. The fourth-order valence-corrected chi connectivity index (χ4v) is 6.22. The van der Waals surface area contributed by atoms with Gasteiger partial charge in [0, 0.05) is 13.1 Å². The van der Waals surface area contributed by atoms with Gasteiger partial charge in [0.2, 0.25) is 6.41 Å². The molecule has 63 heavy (non-hydrogen) atoms. The van der Waals surface area contributed by atoms with Gasteiger partial charge < -0.3 is 19.3 Å². The van der Waals surface area contributed by atoms with Crippen molar-refractivity contribution in [1.82, 2.24) is 10.0 Å². The fraction of sp³-hybridized carbons (Fsp3) is 0.439. The van der Waals surface area contributed by atoms with E-state index in [4.69, 9.17) is 22.3 Å². The van der Waals surface area contributed by atoms with E-state index in [2.05, 4.69) is 62.4 Å². The molecule has 22 heteroatoms. The minimum atomic E-state index is -2.68. The molecule has 0 radical (unpaired) electrons. The quantitative estimate of drug-likeness (QED) is 0.0602. The number of carbonyl (C=O) groups excluding carboxylic acids is 3. The van der Waals surface area contributed by atoms with Crippen molar-refractivity contribution in [3.63, 3.8) is 0 Å². The molecule has 2 aromatic rings. The molecular weight excluding hydrogens is 943 g/mol. The van der Waals surface area contributed by atoms with Crippen molar-refractivity contribution in [3.05, 3.63) is 48.0 Å². The minimum Gasteiger partial charge on any atom is -0.444 e. The summed E-state index contributed by atoms with van der Waals surface area (Å²) in [4.78, 5) is 39.8. The second-order valence-electron chi connectivity index (χ2n) is 13.2. The minimum absolute atomic E-state index is 0. The number of hydrazone groups is 2. The number of hydrogen-bond acceptors (Lipinski definition) is 12. The van der Waals surface area contributed by atoms with Gasteiger partial charge in [0.25, 0.3) is 12.9 Å². The molecule has 0 aliphatic carbocycles. The number of nitrogens with zero attached hydrogens (tertiary/aromatic N) is 8. The maximum atomic E-state index is 14.7. The molecule has 2 fully saturated rings. The van der Waals surface area contributed by atoms with E-state index in [0.29, 0.717) is 61.5 Å². The van der Waals surface area contributed by atoms with E-state index in [1.807, 2.05) is 0 Å². The van der Waals surface area contributed by atoms with Crippen molar-refractivity contribution in [2.45, 2.75) is 65.6 Å². The van der Waals surface area contributed by atoms with Crippen LogP contribution >= 0.6 is 40.4 Å². The maximum Gasteiger partial charge on any atom is 0.414 e. The molecule has 2 aromatic carbocycles. The van der Waals surface area contributed by atoms with Gasteiger partial charge in [0.05, 0.1) is 70.5 Å². The number of alkyl halides is 5. The highest BCUT2D eigenvalue weighted by Crippen LogP contribution is 2.31. The maximum absolute atomic E-state index is 14.7. The number of amides is 3. The van der Waals surface area contributed by atoms with Gasteiger partial charge in [-0.2, -0.15) is 10.2 Å². The molecule has 2 saturated heterocycles. The molecule has 0 bridgehead atoms. The smallest absolute Gasteiger partial charge is 0.414 e. The molecule has 6 rings (SSSR count). The van der Waals surface area contributed by atoms with Gasteiger partial charge in [0.1, 0.15) is 36.5 Å². The zero-order valence-electron chi connectivity index (χ0n) is 32.2. The van der Waals surface area contributed by atoms with E-state index >= 15 is 0 Å². The molecule has 4 aliphatic rings. The Morgan fingerprint density at radius 1 is 0.778 bits per heavy atom. The molecule has 0 N–H and O–H groups in total. The first kappa shape index (κ1) is 53.7. The van der Waals surface area contributed by atoms with Crippen LogP contribution in [0.15, 0.2) is 46.6 Å². The van der Waals surface area contributed by atoms with Crippen LogP contribution in [-0.2, 0) is 14.3 Å². The lowest BCUT2D eigenvalue weighted by Gasteiger charge is -2.29. The Bertz CT molecular complexity index is 2060. The van der Waals surface area contributed by atoms with Crippen molar-refractivity contribution in [2.75, 3.05) is 70.7 Å². The summed E-state index contributed by atoms with van der Waals surface area (Å²) >= 11 is 12.2. The van der Waals surface area contributed by atoms with Crippen molar-refractivity contribution in [1.29, 1.82) is 0 Å². The predicted octanol–water partition coefficient (Wildman–Crippen LogP) is 8.34. The molecule has 2 atom stereocenters. The number of halogens is 7. The average Bonchev–Trinajstić information content (AvgIpc) is 3.83. The largest absolute Gasteiger partial charge is 0.444 e. The highest BCUT2D eigenvalue weighted by atomic mass is 79.9. The van der Waals surface area contributed by atoms with E-state index in [1.165, 1.54) is 45.7 Å². The van der Waals surface area contributed by atoms with Crippen molar-refractivity contribution < 1.29 is 50.2 Å². The van der Waals surface area contributed by atoms with Gasteiger partial charge in [0.15, 0.2) is 0 Å². The van der Waals surface area contributed by atoms with Crippen LogP contribution in [0.25, 0.3) is 0 Å². The van der Waals surface area contributed by atoms with Gasteiger partial charge in [-0.25, -0.2) is 40.9 Å². The zero-order valence-corrected chi connectivity index (χ0v) is 35.4. The molecule has 0 aromatic heterocycles. The van der Waals surface area contributed by atoms with Crippen molar-refractivity contribution in [3.8, 4) is 24.7 Å². The van der Waals surface area contributed by atoms with Gasteiger partial charge in [-0.1, -0.05) is 67.1 Å². The van der Waals surface area contributed by atoms with E-state index in [9.17, 15) is 40.7 Å². The first-order valence-corrected chi connectivity index (χ1v) is 20.3. The zero-order chi connectivity index (χ0) is 44.6. The molecular formula is C41H47BrF6N8O5S2. The number of ether oxygens (including phenoxy) is 2. The number of benzene rings is 2. The first-order chi connectivity index (χ1) is 29.2. The third kappa shape index (κ3) is 15.4. The molecule has 0 saturated carbocycles. The van der Waals surface area contributed by atoms with Crippen LogP contribution in [0, 0.1) is 36.3 Å². The number of thiocarbonyl (C=S) groups is 2. The summed E-state index contributed by atoms with van der Waals surface area (Å²) in [5.41, 5.74) is 1.21.